The number of ketones is 1. The van der Waals surface area contributed by atoms with Gasteiger partial charge in [0.05, 0.1) is 23.1 Å². The van der Waals surface area contributed by atoms with E-state index in [4.69, 9.17) is 10.5 Å². The number of nitrogens with one attached hydrogen (secondary N) is 1. The van der Waals surface area contributed by atoms with Gasteiger partial charge in [0.15, 0.2) is 5.78 Å². The van der Waals surface area contributed by atoms with Gasteiger partial charge in [-0.05, 0) is 39.0 Å². The van der Waals surface area contributed by atoms with Crippen LogP contribution in [0.25, 0.3) is 0 Å². The fourth-order valence-corrected chi connectivity index (χ4v) is 4.46. The number of rotatable bonds is 6. The molecule has 0 radical (unpaired) electrons. The number of aliphatic hydroxyl groups is 1. The Morgan fingerprint density at radius 2 is 1.75 bits per heavy atom. The topological polar surface area (TPSA) is 159 Å². The molecule has 2 rings (SSSR count). The summed E-state index contributed by atoms with van der Waals surface area (Å²) in [6.45, 7) is 11.9. The number of carbonyl (C=O) groups is 4. The SMILES string of the molecule is CCC1(C(=O)O)CC1(N)C(=O)C1CC(O)CN1C(=O)C(NC(=O)OC(C)(C)C)C(C)(C)C. The lowest BCUT2D eigenvalue weighted by atomic mass is 9.85. The molecule has 10 heteroatoms. The molecular weight excluding hydrogens is 418 g/mol. The second-order valence-corrected chi connectivity index (χ2v) is 11.1. The van der Waals surface area contributed by atoms with E-state index in [9.17, 15) is 29.4 Å². The van der Waals surface area contributed by atoms with E-state index >= 15 is 0 Å². The summed E-state index contributed by atoms with van der Waals surface area (Å²) in [5.41, 5.74) is 1.77. The Kier molecular flexibility index (Phi) is 6.75. The van der Waals surface area contributed by atoms with Crippen LogP contribution in [0, 0.1) is 10.8 Å². The monoisotopic (exact) mass is 455 g/mol. The summed E-state index contributed by atoms with van der Waals surface area (Å²) in [5.74, 6) is -2.28. The minimum Gasteiger partial charge on any atom is -0.481 e. The van der Waals surface area contributed by atoms with Gasteiger partial charge < -0.3 is 30.9 Å². The van der Waals surface area contributed by atoms with Gasteiger partial charge in [0, 0.05) is 13.0 Å². The molecule has 5 atom stereocenters. The number of alkyl carbamates (subject to hydrolysis) is 1. The number of likely N-dealkylation sites (tertiary alicyclic amines) is 1. The molecule has 0 aromatic rings. The molecule has 1 heterocycles. The highest BCUT2D eigenvalue weighted by atomic mass is 16.6. The normalized spacial score (nSPS) is 31.1. The minimum atomic E-state index is -1.60. The number of aliphatic hydroxyl groups excluding tert-OH is 1. The lowest BCUT2D eigenvalue weighted by Gasteiger charge is -2.36. The summed E-state index contributed by atoms with van der Waals surface area (Å²) in [6.07, 6.45) is -1.61. The third-order valence-electron chi connectivity index (χ3n) is 6.40. The molecule has 1 saturated carbocycles. The Bertz CT molecular complexity index is 800. The molecule has 2 amide bonds. The van der Waals surface area contributed by atoms with Crippen molar-refractivity contribution in [3.63, 3.8) is 0 Å². The predicted octanol–water partition coefficient (Wildman–Crippen LogP) is 1.04. The number of carbonyl (C=O) groups excluding carboxylic acids is 3. The second kappa shape index (κ2) is 8.30. The number of carboxylic acids is 1. The quantitative estimate of drug-likeness (QED) is 0.462. The van der Waals surface area contributed by atoms with Crippen LogP contribution < -0.4 is 11.1 Å². The standard InChI is InChI=1S/C22H37N3O7/c1-8-21(17(29)30)11-22(21,23)15(27)13-9-12(26)10-25(13)16(28)14(19(2,3)4)24-18(31)32-20(5,6)7/h12-14,26H,8-11,23H2,1-7H3,(H,24,31)(H,29,30). The van der Waals surface area contributed by atoms with Crippen molar-refractivity contribution in [3.8, 4) is 0 Å². The van der Waals surface area contributed by atoms with Gasteiger partial charge in [-0.1, -0.05) is 27.7 Å². The van der Waals surface area contributed by atoms with Crippen LogP contribution in [-0.4, -0.2) is 74.7 Å². The summed E-state index contributed by atoms with van der Waals surface area (Å²) in [4.78, 5) is 52.2. The zero-order valence-corrected chi connectivity index (χ0v) is 20.0. The Morgan fingerprint density at radius 1 is 1.19 bits per heavy atom. The highest BCUT2D eigenvalue weighted by Crippen LogP contribution is 2.58. The van der Waals surface area contributed by atoms with Crippen LogP contribution in [0.2, 0.25) is 0 Å². The average molecular weight is 456 g/mol. The van der Waals surface area contributed by atoms with Crippen LogP contribution in [-0.2, 0) is 19.1 Å². The number of carboxylic acid groups (broad SMARTS) is 1. The molecule has 5 unspecified atom stereocenters. The van der Waals surface area contributed by atoms with Gasteiger partial charge in [0.1, 0.15) is 11.6 Å². The van der Waals surface area contributed by atoms with Crippen molar-refractivity contribution in [1.29, 1.82) is 0 Å². The molecule has 1 aliphatic heterocycles. The molecule has 0 aromatic carbocycles. The number of ether oxygens (including phenoxy) is 1. The van der Waals surface area contributed by atoms with Crippen LogP contribution in [0.1, 0.15) is 67.7 Å². The molecule has 2 aliphatic rings. The molecule has 5 N–H and O–H groups in total. The van der Waals surface area contributed by atoms with Crippen molar-refractivity contribution in [1.82, 2.24) is 10.2 Å². The maximum absolute atomic E-state index is 13.5. The van der Waals surface area contributed by atoms with Gasteiger partial charge >= 0.3 is 12.1 Å². The van der Waals surface area contributed by atoms with E-state index in [0.29, 0.717) is 0 Å². The molecule has 1 saturated heterocycles. The van der Waals surface area contributed by atoms with Crippen LogP contribution in [0.15, 0.2) is 0 Å². The van der Waals surface area contributed by atoms with Gasteiger partial charge in [-0.15, -0.1) is 0 Å². The first-order valence-electron chi connectivity index (χ1n) is 10.9. The van der Waals surface area contributed by atoms with Crippen LogP contribution in [0.5, 0.6) is 0 Å². The largest absolute Gasteiger partial charge is 0.481 e. The van der Waals surface area contributed by atoms with Crippen molar-refractivity contribution in [2.45, 2.75) is 97.1 Å². The third kappa shape index (κ3) is 4.76. The molecule has 0 spiro atoms. The number of nitrogens with two attached hydrogens (primary N) is 1. The van der Waals surface area contributed by atoms with E-state index in [1.165, 1.54) is 4.90 Å². The zero-order valence-electron chi connectivity index (χ0n) is 20.0. The number of aliphatic carboxylic acids is 1. The Morgan fingerprint density at radius 3 is 2.16 bits per heavy atom. The molecule has 0 bridgehead atoms. The van der Waals surface area contributed by atoms with E-state index in [1.807, 2.05) is 0 Å². The fraction of sp³-hybridized carbons (Fsp3) is 0.818. The molecule has 182 valence electrons. The highest BCUT2D eigenvalue weighted by Gasteiger charge is 2.74. The zero-order chi connectivity index (χ0) is 24.9. The van der Waals surface area contributed by atoms with E-state index in [-0.39, 0.29) is 25.8 Å². The maximum Gasteiger partial charge on any atom is 0.408 e. The molecule has 32 heavy (non-hydrogen) atoms. The van der Waals surface area contributed by atoms with Gasteiger partial charge in [0.2, 0.25) is 5.91 Å². The number of nitrogens with zero attached hydrogens (tertiary/aromatic N) is 1. The van der Waals surface area contributed by atoms with Crippen LogP contribution in [0.3, 0.4) is 0 Å². The van der Waals surface area contributed by atoms with Gasteiger partial charge in [0.25, 0.3) is 0 Å². The number of β-amino-alcohol motifs (C(OH)–C–C–N with tert-alkyl or cyclic N) is 1. The average Bonchev–Trinajstić information content (AvgIpc) is 3.09. The van der Waals surface area contributed by atoms with Gasteiger partial charge in [-0.2, -0.15) is 0 Å². The smallest absolute Gasteiger partial charge is 0.408 e. The molecule has 0 aromatic heterocycles. The Balaban J connectivity index is 2.30. The number of hydrogen-bond acceptors (Lipinski definition) is 7. The second-order valence-electron chi connectivity index (χ2n) is 11.1. The lowest BCUT2D eigenvalue weighted by Crippen LogP contribution is -2.59. The fourth-order valence-electron chi connectivity index (χ4n) is 4.46. The Hall–Kier alpha value is -2.20. The van der Waals surface area contributed by atoms with Gasteiger partial charge in [-0.3, -0.25) is 14.4 Å². The number of hydrogen-bond donors (Lipinski definition) is 4. The summed E-state index contributed by atoms with van der Waals surface area (Å²) in [5, 5.41) is 22.5. The van der Waals surface area contributed by atoms with Crippen molar-refractivity contribution in [2.75, 3.05) is 6.54 Å². The summed E-state index contributed by atoms with van der Waals surface area (Å²) < 4.78 is 5.28. The van der Waals surface area contributed by atoms with Gasteiger partial charge in [-0.25, -0.2) is 4.79 Å². The van der Waals surface area contributed by atoms with Crippen LogP contribution >= 0.6 is 0 Å². The van der Waals surface area contributed by atoms with Crippen molar-refractivity contribution >= 4 is 23.8 Å². The van der Waals surface area contributed by atoms with E-state index < -0.39 is 63.9 Å². The number of amides is 2. The molecular formula is C22H37N3O7. The lowest BCUT2D eigenvalue weighted by molar-refractivity contribution is -0.147. The first kappa shape index (κ1) is 26.1. The van der Waals surface area contributed by atoms with Crippen molar-refractivity contribution in [3.05, 3.63) is 0 Å². The summed E-state index contributed by atoms with van der Waals surface area (Å²) >= 11 is 0. The van der Waals surface area contributed by atoms with Crippen LogP contribution in [0.4, 0.5) is 4.79 Å². The minimum absolute atomic E-state index is 0.0157. The predicted molar refractivity (Wildman–Crippen MR) is 116 cm³/mol. The van der Waals surface area contributed by atoms with Crippen molar-refractivity contribution in [2.24, 2.45) is 16.6 Å². The number of Topliss-reactive ketones (excluding diaryl/α,β-unsaturated/α-hetero) is 1. The van der Waals surface area contributed by atoms with E-state index in [2.05, 4.69) is 5.32 Å². The summed E-state index contributed by atoms with van der Waals surface area (Å²) in [7, 11) is 0. The molecule has 2 fully saturated rings. The first-order valence-corrected chi connectivity index (χ1v) is 10.9. The first-order chi connectivity index (χ1) is 14.4. The molecule has 10 nitrogen and oxygen atoms in total. The van der Waals surface area contributed by atoms with E-state index in [0.717, 1.165) is 0 Å². The Labute approximate surface area is 188 Å². The van der Waals surface area contributed by atoms with E-state index in [1.54, 1.807) is 48.5 Å². The third-order valence-corrected chi connectivity index (χ3v) is 6.40. The highest BCUT2D eigenvalue weighted by molar-refractivity contribution is 6.05. The summed E-state index contributed by atoms with van der Waals surface area (Å²) in [6, 6.07) is -2.11. The molecule has 1 aliphatic carbocycles. The van der Waals surface area contributed by atoms with Crippen molar-refractivity contribution < 1.29 is 34.1 Å². The maximum atomic E-state index is 13.5.